The third-order valence-electron chi connectivity index (χ3n) is 5.56. The maximum Gasteiger partial charge on any atom is 0.408 e. The summed E-state index contributed by atoms with van der Waals surface area (Å²) in [5.41, 5.74) is 5.13. The number of alkyl carbamates (subject to hydrolysis) is 1. The second kappa shape index (κ2) is 14.0. The molecule has 0 bridgehead atoms. The van der Waals surface area contributed by atoms with Crippen molar-refractivity contribution in [2.75, 3.05) is 19.0 Å². The molecule has 0 aliphatic carbocycles. The van der Waals surface area contributed by atoms with Gasteiger partial charge in [0.15, 0.2) is 0 Å². The Kier molecular flexibility index (Phi) is 11.1. The Morgan fingerprint density at radius 2 is 1.69 bits per heavy atom. The van der Waals surface area contributed by atoms with E-state index in [-0.39, 0.29) is 30.7 Å². The van der Waals surface area contributed by atoms with Gasteiger partial charge in [0.05, 0.1) is 7.11 Å². The van der Waals surface area contributed by atoms with E-state index < -0.39 is 41.5 Å². The number of nitrogens with one attached hydrogen (secondary N) is 2. The van der Waals surface area contributed by atoms with Crippen LogP contribution in [0.5, 0.6) is 11.5 Å². The largest absolute Gasteiger partial charge is 0.508 e. The molecule has 0 aromatic heterocycles. The van der Waals surface area contributed by atoms with Crippen molar-refractivity contribution in [3.8, 4) is 11.5 Å². The van der Waals surface area contributed by atoms with Crippen LogP contribution in [0.3, 0.4) is 0 Å². The number of hydrogen-bond donors (Lipinski definition) is 4. The van der Waals surface area contributed by atoms with Crippen molar-refractivity contribution in [3.63, 3.8) is 0 Å². The van der Waals surface area contributed by atoms with Crippen LogP contribution in [-0.2, 0) is 19.1 Å². The Morgan fingerprint density at radius 3 is 2.23 bits per heavy atom. The van der Waals surface area contributed by atoms with Crippen LogP contribution in [0.2, 0.25) is 0 Å². The first-order valence-electron chi connectivity index (χ1n) is 12.7. The molecule has 0 heterocycles. The minimum Gasteiger partial charge on any atom is -0.508 e. The number of rotatable bonds is 12. The number of carbonyl (C=O) groups is 4. The number of amides is 4. The number of phenols is 1. The molecular formula is C28H38N4O7. The average Bonchev–Trinajstić information content (AvgIpc) is 2.86. The Balaban J connectivity index is 2.49. The number of nitrogens with zero attached hydrogens (tertiary/aromatic N) is 1. The zero-order chi connectivity index (χ0) is 29.2. The highest BCUT2D eigenvalue weighted by molar-refractivity contribution is 5.99. The van der Waals surface area contributed by atoms with E-state index in [1.807, 2.05) is 6.92 Å². The Hall–Kier alpha value is -4.28. The number of aromatic hydroxyl groups is 1. The fraction of sp³-hybridized carbons (Fsp3) is 0.429. The van der Waals surface area contributed by atoms with Crippen molar-refractivity contribution in [1.29, 1.82) is 0 Å². The number of ether oxygens (including phenoxy) is 2. The number of benzene rings is 2. The van der Waals surface area contributed by atoms with Crippen molar-refractivity contribution < 1.29 is 33.8 Å². The smallest absolute Gasteiger partial charge is 0.408 e. The van der Waals surface area contributed by atoms with Crippen molar-refractivity contribution in [3.05, 3.63) is 54.1 Å². The van der Waals surface area contributed by atoms with Crippen LogP contribution in [0.4, 0.5) is 10.5 Å². The molecule has 0 aliphatic heterocycles. The highest BCUT2D eigenvalue weighted by atomic mass is 16.6. The van der Waals surface area contributed by atoms with Gasteiger partial charge in [0.1, 0.15) is 29.2 Å². The number of para-hydroxylation sites is 1. The van der Waals surface area contributed by atoms with Gasteiger partial charge >= 0.3 is 6.09 Å². The summed E-state index contributed by atoms with van der Waals surface area (Å²) in [6.07, 6.45) is -0.698. The lowest BCUT2D eigenvalue weighted by Crippen LogP contribution is -2.52. The molecule has 212 valence electrons. The molecule has 0 saturated carbocycles. The van der Waals surface area contributed by atoms with Gasteiger partial charge in [-0.2, -0.15) is 0 Å². The molecule has 0 fully saturated rings. The summed E-state index contributed by atoms with van der Waals surface area (Å²) in [5.74, 6) is -1.47. The lowest BCUT2D eigenvalue weighted by atomic mass is 10.00. The quantitative estimate of drug-likeness (QED) is 0.319. The normalized spacial score (nSPS) is 12.5. The molecule has 2 atom stereocenters. The highest BCUT2D eigenvalue weighted by Gasteiger charge is 2.37. The van der Waals surface area contributed by atoms with E-state index in [2.05, 4.69) is 10.6 Å². The van der Waals surface area contributed by atoms with Crippen LogP contribution in [0.1, 0.15) is 58.6 Å². The minimum absolute atomic E-state index is 0.108. The summed E-state index contributed by atoms with van der Waals surface area (Å²) in [6.45, 7) is 6.95. The molecule has 2 unspecified atom stereocenters. The fourth-order valence-electron chi connectivity index (χ4n) is 3.86. The number of hydrogen-bond acceptors (Lipinski definition) is 7. The Labute approximate surface area is 228 Å². The molecule has 4 amide bonds. The third kappa shape index (κ3) is 9.51. The maximum atomic E-state index is 13.9. The lowest BCUT2D eigenvalue weighted by molar-refractivity contribution is -0.141. The van der Waals surface area contributed by atoms with E-state index in [9.17, 15) is 24.3 Å². The van der Waals surface area contributed by atoms with E-state index in [4.69, 9.17) is 15.2 Å². The summed E-state index contributed by atoms with van der Waals surface area (Å²) >= 11 is 0. The molecule has 11 nitrogen and oxygen atoms in total. The van der Waals surface area contributed by atoms with E-state index in [0.717, 1.165) is 0 Å². The van der Waals surface area contributed by atoms with Crippen molar-refractivity contribution in [2.24, 2.45) is 5.73 Å². The molecule has 5 N–H and O–H groups in total. The summed E-state index contributed by atoms with van der Waals surface area (Å²) in [6, 6.07) is 10.3. The van der Waals surface area contributed by atoms with Crippen molar-refractivity contribution >= 4 is 29.5 Å². The molecule has 0 radical (unpaired) electrons. The number of primary amides is 1. The second-order valence-electron chi connectivity index (χ2n) is 9.91. The number of phenolic OH excluding ortho intramolecular Hbond substituents is 1. The Morgan fingerprint density at radius 1 is 1.05 bits per heavy atom. The average molecular weight is 543 g/mol. The molecule has 39 heavy (non-hydrogen) atoms. The first-order chi connectivity index (χ1) is 18.4. The van der Waals surface area contributed by atoms with Crippen LogP contribution in [0.15, 0.2) is 48.5 Å². The zero-order valence-electron chi connectivity index (χ0n) is 23.0. The zero-order valence-corrected chi connectivity index (χ0v) is 23.0. The van der Waals surface area contributed by atoms with Gasteiger partial charge in [0.2, 0.25) is 11.8 Å². The van der Waals surface area contributed by atoms with Gasteiger partial charge in [-0.15, -0.1) is 0 Å². The van der Waals surface area contributed by atoms with E-state index in [1.165, 1.54) is 18.1 Å². The molecule has 0 aliphatic rings. The van der Waals surface area contributed by atoms with Gasteiger partial charge in [-0.25, -0.2) is 4.79 Å². The van der Waals surface area contributed by atoms with E-state index >= 15 is 0 Å². The van der Waals surface area contributed by atoms with Gasteiger partial charge in [0.25, 0.3) is 5.91 Å². The maximum absolute atomic E-state index is 13.9. The van der Waals surface area contributed by atoms with Crippen LogP contribution in [0, 0.1) is 0 Å². The van der Waals surface area contributed by atoms with Crippen LogP contribution < -0.4 is 21.1 Å². The van der Waals surface area contributed by atoms with Gasteiger partial charge < -0.3 is 35.8 Å². The lowest BCUT2D eigenvalue weighted by Gasteiger charge is -2.34. The predicted octanol–water partition coefficient (Wildman–Crippen LogP) is 3.48. The molecule has 0 spiro atoms. The van der Waals surface area contributed by atoms with Gasteiger partial charge in [0, 0.05) is 24.2 Å². The summed E-state index contributed by atoms with van der Waals surface area (Å²) in [4.78, 5) is 53.0. The molecule has 2 aromatic carbocycles. The number of methoxy groups -OCH3 is 1. The van der Waals surface area contributed by atoms with Gasteiger partial charge in [-0.1, -0.05) is 25.1 Å². The van der Waals surface area contributed by atoms with Gasteiger partial charge in [-0.3, -0.25) is 14.4 Å². The molecule has 2 rings (SSSR count). The first kappa shape index (κ1) is 30.9. The SMILES string of the molecule is CCCN(C(=O)C(CCC(N)=O)NC(=O)OC(C)(C)C)C(C(=O)Nc1ccc(OC)cc1)c1ccccc1O. The topological polar surface area (TPSA) is 160 Å². The molecular weight excluding hydrogens is 504 g/mol. The minimum atomic E-state index is -1.27. The van der Waals surface area contributed by atoms with Crippen LogP contribution in [-0.4, -0.2) is 59.1 Å². The summed E-state index contributed by atoms with van der Waals surface area (Å²) < 4.78 is 10.5. The highest BCUT2D eigenvalue weighted by Crippen LogP contribution is 2.31. The summed E-state index contributed by atoms with van der Waals surface area (Å²) in [5, 5.41) is 16.0. The molecule has 2 aromatic rings. The molecule has 0 saturated heterocycles. The number of nitrogens with two attached hydrogens (primary N) is 1. The van der Waals surface area contributed by atoms with Crippen LogP contribution in [0.25, 0.3) is 0 Å². The monoisotopic (exact) mass is 542 g/mol. The Bertz CT molecular complexity index is 1150. The number of carbonyl (C=O) groups excluding carboxylic acids is 4. The fourth-order valence-corrected chi connectivity index (χ4v) is 3.86. The summed E-state index contributed by atoms with van der Waals surface area (Å²) in [7, 11) is 1.52. The molecule has 11 heteroatoms. The van der Waals surface area contributed by atoms with E-state index in [0.29, 0.717) is 17.9 Å². The van der Waals surface area contributed by atoms with Crippen molar-refractivity contribution in [2.45, 2.75) is 64.6 Å². The van der Waals surface area contributed by atoms with Gasteiger partial charge in [-0.05, 0) is 63.9 Å². The predicted molar refractivity (Wildman–Crippen MR) is 146 cm³/mol. The second-order valence-corrected chi connectivity index (χ2v) is 9.91. The van der Waals surface area contributed by atoms with Crippen LogP contribution >= 0.6 is 0 Å². The number of anilines is 1. The standard InChI is InChI=1S/C28H38N4O7/c1-6-17-32(26(36)21(15-16-23(29)34)31-27(37)39-28(2,3)4)24(20-9-7-8-10-22(20)33)25(35)30-18-11-13-19(38-5)14-12-18/h7-14,21,24,33H,6,15-17H2,1-5H3,(H2,29,34)(H,30,35)(H,31,37). The first-order valence-corrected chi connectivity index (χ1v) is 12.7. The van der Waals surface area contributed by atoms with Crippen molar-refractivity contribution in [1.82, 2.24) is 10.2 Å². The van der Waals surface area contributed by atoms with E-state index in [1.54, 1.807) is 63.2 Å². The third-order valence-corrected chi connectivity index (χ3v) is 5.56.